The summed E-state index contributed by atoms with van der Waals surface area (Å²) >= 11 is 12.4. The molecule has 3 amide bonds. The summed E-state index contributed by atoms with van der Waals surface area (Å²) in [4.78, 5) is 42.2. The Labute approximate surface area is 194 Å². The van der Waals surface area contributed by atoms with Crippen molar-refractivity contribution in [2.45, 2.75) is 13.3 Å². The van der Waals surface area contributed by atoms with E-state index in [9.17, 15) is 14.4 Å². The van der Waals surface area contributed by atoms with E-state index < -0.39 is 0 Å². The van der Waals surface area contributed by atoms with Crippen LogP contribution in [0.1, 0.15) is 18.9 Å². The average Bonchev–Trinajstić information content (AvgIpc) is 3.18. The highest BCUT2D eigenvalue weighted by Crippen LogP contribution is 2.44. The number of nitrogens with zero attached hydrogens (tertiary/aromatic N) is 2. The summed E-state index contributed by atoms with van der Waals surface area (Å²) < 4.78 is 0.443. The van der Waals surface area contributed by atoms with Crippen LogP contribution in [-0.4, -0.2) is 40.0 Å². The van der Waals surface area contributed by atoms with E-state index >= 15 is 0 Å². The van der Waals surface area contributed by atoms with Crippen LogP contribution < -0.4 is 10.2 Å². The van der Waals surface area contributed by atoms with Crippen LogP contribution in [0.4, 0.5) is 11.4 Å². The molecule has 0 spiro atoms. The number of hydrogen-bond acceptors (Lipinski definition) is 5. The molecule has 0 aliphatic carbocycles. The SMILES string of the molecule is CCCN1C(=O)/C(=C2\C(=O)N(CC(=O)Nc3ccc(Cl)cc3)c3ccccc32)SC1=S. The van der Waals surface area contributed by atoms with Crippen LogP contribution in [0.15, 0.2) is 53.4 Å². The molecule has 158 valence electrons. The zero-order valence-electron chi connectivity index (χ0n) is 16.6. The van der Waals surface area contributed by atoms with Gasteiger partial charge in [-0.15, -0.1) is 0 Å². The van der Waals surface area contributed by atoms with E-state index in [0.29, 0.717) is 43.3 Å². The summed E-state index contributed by atoms with van der Waals surface area (Å²) in [7, 11) is 0. The van der Waals surface area contributed by atoms with Gasteiger partial charge in [0.2, 0.25) is 5.91 Å². The number of thioether (sulfide) groups is 1. The third kappa shape index (κ3) is 4.11. The quantitative estimate of drug-likeness (QED) is 0.520. The van der Waals surface area contributed by atoms with Gasteiger partial charge in [-0.1, -0.05) is 60.7 Å². The number of carbonyl (C=O) groups is 3. The van der Waals surface area contributed by atoms with E-state index in [4.69, 9.17) is 23.8 Å². The third-order valence-electron chi connectivity index (χ3n) is 4.88. The Balaban J connectivity index is 1.64. The standard InChI is InChI=1S/C22H18ClN3O3S2/c1-2-11-25-21(29)19(31-22(25)30)18-15-5-3-4-6-16(15)26(20(18)28)12-17(27)24-14-9-7-13(23)8-10-14/h3-10H,2,11-12H2,1H3,(H,24,27)/b19-18+. The monoisotopic (exact) mass is 471 g/mol. The number of rotatable bonds is 5. The number of benzene rings is 2. The van der Waals surface area contributed by atoms with Crippen LogP contribution >= 0.6 is 35.6 Å². The van der Waals surface area contributed by atoms with E-state index in [2.05, 4.69) is 5.32 Å². The summed E-state index contributed by atoms with van der Waals surface area (Å²) in [5.74, 6) is -1.00. The maximum atomic E-state index is 13.3. The van der Waals surface area contributed by atoms with Gasteiger partial charge in [-0.2, -0.15) is 0 Å². The Kier molecular flexibility index (Phi) is 6.13. The lowest BCUT2D eigenvalue weighted by atomic mass is 10.1. The fourth-order valence-corrected chi connectivity index (χ4v) is 5.01. The molecular weight excluding hydrogens is 454 g/mol. The van der Waals surface area contributed by atoms with Gasteiger partial charge >= 0.3 is 0 Å². The number of thiocarbonyl (C=S) groups is 1. The van der Waals surface area contributed by atoms with Crippen molar-refractivity contribution in [2.24, 2.45) is 0 Å². The number of halogens is 1. The summed E-state index contributed by atoms with van der Waals surface area (Å²) in [6.45, 7) is 2.28. The van der Waals surface area contributed by atoms with Crippen molar-refractivity contribution in [1.29, 1.82) is 0 Å². The topological polar surface area (TPSA) is 69.7 Å². The second-order valence-electron chi connectivity index (χ2n) is 6.99. The van der Waals surface area contributed by atoms with Crippen molar-refractivity contribution in [1.82, 2.24) is 4.90 Å². The number of amides is 3. The molecule has 31 heavy (non-hydrogen) atoms. The van der Waals surface area contributed by atoms with Gasteiger partial charge in [0.25, 0.3) is 11.8 Å². The molecule has 0 aromatic heterocycles. The second-order valence-corrected chi connectivity index (χ2v) is 9.07. The lowest BCUT2D eigenvalue weighted by Gasteiger charge is -2.16. The first-order chi connectivity index (χ1) is 14.9. The minimum atomic E-state index is -0.385. The van der Waals surface area contributed by atoms with Gasteiger partial charge in [-0.25, -0.2) is 0 Å². The van der Waals surface area contributed by atoms with E-state index in [0.717, 1.165) is 18.2 Å². The lowest BCUT2D eigenvalue weighted by Crippen LogP contribution is -2.35. The molecule has 2 aromatic rings. The summed E-state index contributed by atoms with van der Waals surface area (Å²) in [5.41, 5.74) is 2.10. The van der Waals surface area contributed by atoms with Gasteiger partial charge < -0.3 is 5.32 Å². The first-order valence-corrected chi connectivity index (χ1v) is 11.3. The van der Waals surface area contributed by atoms with Crippen molar-refractivity contribution < 1.29 is 14.4 Å². The Morgan fingerprint density at radius 3 is 2.48 bits per heavy atom. The molecule has 2 aromatic carbocycles. The molecule has 2 aliphatic rings. The van der Waals surface area contributed by atoms with E-state index in [1.165, 1.54) is 9.80 Å². The molecule has 0 bridgehead atoms. The summed E-state index contributed by atoms with van der Waals surface area (Å²) in [6, 6.07) is 13.9. The predicted octanol–water partition coefficient (Wildman–Crippen LogP) is 4.31. The zero-order valence-corrected chi connectivity index (χ0v) is 18.9. The molecule has 1 fully saturated rings. The molecule has 0 unspecified atom stereocenters. The largest absolute Gasteiger partial charge is 0.325 e. The van der Waals surface area contributed by atoms with E-state index in [-0.39, 0.29) is 24.3 Å². The molecular formula is C22H18ClN3O3S2. The molecule has 2 heterocycles. The van der Waals surface area contributed by atoms with Gasteiger partial charge in [0.05, 0.1) is 16.2 Å². The zero-order chi connectivity index (χ0) is 22.1. The Morgan fingerprint density at radius 1 is 1.06 bits per heavy atom. The smallest absolute Gasteiger partial charge is 0.267 e. The van der Waals surface area contributed by atoms with Crippen molar-refractivity contribution in [3.8, 4) is 0 Å². The number of carbonyl (C=O) groups excluding carboxylic acids is 3. The Morgan fingerprint density at radius 2 is 1.77 bits per heavy atom. The van der Waals surface area contributed by atoms with Crippen LogP contribution in [0.5, 0.6) is 0 Å². The Bertz CT molecular complexity index is 1130. The van der Waals surface area contributed by atoms with Crippen molar-refractivity contribution in [3.63, 3.8) is 0 Å². The van der Waals surface area contributed by atoms with Crippen LogP contribution in [0.3, 0.4) is 0 Å². The van der Waals surface area contributed by atoms with E-state index in [1.54, 1.807) is 48.5 Å². The van der Waals surface area contributed by atoms with Crippen LogP contribution in [0.2, 0.25) is 5.02 Å². The highest BCUT2D eigenvalue weighted by atomic mass is 35.5. The van der Waals surface area contributed by atoms with Crippen molar-refractivity contribution in [2.75, 3.05) is 23.3 Å². The molecule has 2 aliphatic heterocycles. The number of fused-ring (bicyclic) bond motifs is 1. The highest BCUT2D eigenvalue weighted by molar-refractivity contribution is 8.26. The molecule has 0 radical (unpaired) electrons. The summed E-state index contributed by atoms with van der Waals surface area (Å²) in [6.07, 6.45) is 0.760. The number of hydrogen-bond donors (Lipinski definition) is 1. The van der Waals surface area contributed by atoms with Gasteiger partial charge in [0, 0.05) is 22.8 Å². The number of nitrogens with one attached hydrogen (secondary N) is 1. The molecule has 6 nitrogen and oxygen atoms in total. The second kappa shape index (κ2) is 8.82. The average molecular weight is 472 g/mol. The molecule has 1 saturated heterocycles. The van der Waals surface area contributed by atoms with Gasteiger partial charge in [0.1, 0.15) is 10.9 Å². The Hall–Kier alpha value is -2.68. The fourth-order valence-electron chi connectivity index (χ4n) is 3.50. The molecule has 0 atom stereocenters. The van der Waals surface area contributed by atoms with Gasteiger partial charge in [0.15, 0.2) is 0 Å². The summed E-state index contributed by atoms with van der Waals surface area (Å²) in [5, 5.41) is 3.32. The van der Waals surface area contributed by atoms with Gasteiger partial charge in [-0.3, -0.25) is 24.2 Å². The van der Waals surface area contributed by atoms with Crippen molar-refractivity contribution in [3.05, 3.63) is 64.0 Å². The normalized spacial score (nSPS) is 18.1. The maximum Gasteiger partial charge on any atom is 0.267 e. The number of para-hydroxylation sites is 1. The van der Waals surface area contributed by atoms with Crippen LogP contribution in [-0.2, 0) is 14.4 Å². The minimum absolute atomic E-state index is 0.183. The third-order valence-corrected chi connectivity index (χ3v) is 6.58. The maximum absolute atomic E-state index is 13.3. The van der Waals surface area contributed by atoms with Crippen LogP contribution in [0.25, 0.3) is 5.57 Å². The molecule has 9 heteroatoms. The van der Waals surface area contributed by atoms with E-state index in [1.807, 2.05) is 6.92 Å². The molecule has 1 N–H and O–H groups in total. The van der Waals surface area contributed by atoms with Crippen molar-refractivity contribution >= 4 is 74.6 Å². The fraction of sp³-hybridized carbons (Fsp3) is 0.182. The predicted molar refractivity (Wildman–Crippen MR) is 128 cm³/mol. The highest BCUT2D eigenvalue weighted by Gasteiger charge is 2.42. The lowest BCUT2D eigenvalue weighted by molar-refractivity contribution is -0.122. The number of anilines is 2. The molecule has 0 saturated carbocycles. The van der Waals surface area contributed by atoms with Crippen LogP contribution in [0, 0.1) is 0 Å². The first kappa shape index (κ1) is 21.5. The minimum Gasteiger partial charge on any atom is -0.325 e. The van der Waals surface area contributed by atoms with Gasteiger partial charge in [-0.05, 0) is 36.8 Å². The first-order valence-electron chi connectivity index (χ1n) is 9.65. The molecule has 4 rings (SSSR count).